The van der Waals surface area contributed by atoms with Gasteiger partial charge in [-0.15, -0.1) is 0 Å². The third-order valence-electron chi connectivity index (χ3n) is 2.98. The fourth-order valence-corrected chi connectivity index (χ4v) is 1.95. The van der Waals surface area contributed by atoms with Gasteiger partial charge in [0.25, 0.3) is 0 Å². The van der Waals surface area contributed by atoms with Gasteiger partial charge in [-0.2, -0.15) is 26.3 Å². The van der Waals surface area contributed by atoms with Crippen LogP contribution in [0.4, 0.5) is 26.3 Å². The molecule has 1 heterocycles. The molecule has 1 saturated heterocycles. The van der Waals surface area contributed by atoms with Gasteiger partial charge in [0.1, 0.15) is 0 Å². The Balaban J connectivity index is 2.13. The monoisotopic (exact) mass is 278 g/mol. The number of hydrogen-bond acceptors (Lipinski definition) is 2. The van der Waals surface area contributed by atoms with Gasteiger partial charge in [0.2, 0.25) is 0 Å². The minimum atomic E-state index is -4.25. The maximum absolute atomic E-state index is 12.4. The van der Waals surface area contributed by atoms with E-state index in [9.17, 15) is 26.3 Å². The predicted octanol–water partition coefficient (Wildman–Crippen LogP) is 2.41. The standard InChI is InChI=1S/C10H16F6N2/c11-9(12,13)7-17-3-6-18-4-1-8(2-5-18)10(14,15)16/h8,17H,1-7H2. The minimum Gasteiger partial charge on any atom is -0.307 e. The highest BCUT2D eigenvalue weighted by molar-refractivity contribution is 4.77. The number of nitrogens with zero attached hydrogens (tertiary/aromatic N) is 1. The van der Waals surface area contributed by atoms with E-state index in [2.05, 4.69) is 5.32 Å². The molecule has 0 aromatic rings. The zero-order valence-electron chi connectivity index (χ0n) is 9.74. The Morgan fingerprint density at radius 3 is 2.00 bits per heavy atom. The summed E-state index contributed by atoms with van der Waals surface area (Å²) in [6.45, 7) is -0.00137. The highest BCUT2D eigenvalue weighted by Crippen LogP contribution is 2.33. The van der Waals surface area contributed by atoms with Gasteiger partial charge in [-0.05, 0) is 25.9 Å². The molecule has 18 heavy (non-hydrogen) atoms. The Labute approximate surface area is 101 Å². The molecule has 8 heteroatoms. The van der Waals surface area contributed by atoms with Crippen LogP contribution in [0.1, 0.15) is 12.8 Å². The summed E-state index contributed by atoms with van der Waals surface area (Å²) in [6, 6.07) is 0. The molecule has 0 amide bonds. The zero-order valence-corrected chi connectivity index (χ0v) is 9.74. The summed E-state index contributed by atoms with van der Waals surface area (Å²) >= 11 is 0. The van der Waals surface area contributed by atoms with Crippen molar-refractivity contribution in [2.24, 2.45) is 5.92 Å². The number of nitrogens with one attached hydrogen (secondary N) is 1. The normalized spacial score (nSPS) is 20.3. The van der Waals surface area contributed by atoms with Gasteiger partial charge in [0, 0.05) is 13.1 Å². The third-order valence-corrected chi connectivity index (χ3v) is 2.98. The maximum Gasteiger partial charge on any atom is 0.401 e. The van der Waals surface area contributed by atoms with Crippen LogP contribution < -0.4 is 5.32 Å². The molecule has 0 unspecified atom stereocenters. The Bertz CT molecular complexity index is 242. The van der Waals surface area contributed by atoms with E-state index in [1.165, 1.54) is 0 Å². The number of hydrogen-bond donors (Lipinski definition) is 1. The minimum absolute atomic E-state index is 0.0305. The summed E-state index contributed by atoms with van der Waals surface area (Å²) in [5.74, 6) is -1.27. The Morgan fingerprint density at radius 2 is 1.56 bits per heavy atom. The molecule has 0 radical (unpaired) electrons. The van der Waals surface area contributed by atoms with E-state index in [0.29, 0.717) is 6.54 Å². The lowest BCUT2D eigenvalue weighted by Crippen LogP contribution is -2.42. The highest BCUT2D eigenvalue weighted by atomic mass is 19.4. The fourth-order valence-electron chi connectivity index (χ4n) is 1.95. The second kappa shape index (κ2) is 6.10. The van der Waals surface area contributed by atoms with Crippen LogP contribution in [-0.4, -0.2) is 50.0 Å². The van der Waals surface area contributed by atoms with Gasteiger partial charge in [0.15, 0.2) is 0 Å². The van der Waals surface area contributed by atoms with Crippen LogP contribution in [0.2, 0.25) is 0 Å². The third kappa shape index (κ3) is 5.90. The molecule has 1 aliphatic rings. The van der Waals surface area contributed by atoms with E-state index in [1.54, 1.807) is 4.90 Å². The number of likely N-dealkylation sites (tertiary alicyclic amines) is 1. The molecular formula is C10H16F6N2. The molecular weight excluding hydrogens is 262 g/mol. The average Bonchev–Trinajstić information content (AvgIpc) is 2.22. The molecule has 0 aromatic heterocycles. The first-order valence-corrected chi connectivity index (χ1v) is 5.75. The molecule has 108 valence electrons. The Morgan fingerprint density at radius 1 is 1.00 bits per heavy atom. The van der Waals surface area contributed by atoms with E-state index < -0.39 is 24.8 Å². The van der Waals surface area contributed by atoms with Crippen molar-refractivity contribution in [3.05, 3.63) is 0 Å². The largest absolute Gasteiger partial charge is 0.401 e. The maximum atomic E-state index is 12.4. The van der Waals surface area contributed by atoms with E-state index in [1.807, 2.05) is 0 Å². The molecule has 1 aliphatic heterocycles. The van der Waals surface area contributed by atoms with Gasteiger partial charge in [-0.3, -0.25) is 0 Å². The second-order valence-electron chi connectivity index (χ2n) is 4.45. The lowest BCUT2D eigenvalue weighted by molar-refractivity contribution is -0.185. The summed E-state index contributed by atoms with van der Waals surface area (Å²) in [4.78, 5) is 1.76. The lowest BCUT2D eigenvalue weighted by atomic mass is 9.96. The Hall–Kier alpha value is -0.500. The topological polar surface area (TPSA) is 15.3 Å². The van der Waals surface area contributed by atoms with E-state index in [0.717, 1.165) is 0 Å². The summed E-state index contributed by atoms with van der Waals surface area (Å²) in [5.41, 5.74) is 0. The smallest absolute Gasteiger partial charge is 0.307 e. The molecule has 0 aromatic carbocycles. The first-order chi connectivity index (χ1) is 8.18. The lowest BCUT2D eigenvalue weighted by Gasteiger charge is -2.32. The molecule has 2 nitrogen and oxygen atoms in total. The molecule has 0 atom stereocenters. The molecule has 0 aliphatic carbocycles. The van der Waals surface area contributed by atoms with Crippen molar-refractivity contribution in [1.29, 1.82) is 0 Å². The number of rotatable bonds is 4. The summed E-state index contributed by atoms with van der Waals surface area (Å²) < 4.78 is 72.5. The van der Waals surface area contributed by atoms with E-state index in [4.69, 9.17) is 0 Å². The van der Waals surface area contributed by atoms with Crippen molar-refractivity contribution in [3.63, 3.8) is 0 Å². The molecule has 0 bridgehead atoms. The van der Waals surface area contributed by atoms with Crippen molar-refractivity contribution in [1.82, 2.24) is 10.2 Å². The van der Waals surface area contributed by atoms with Crippen LogP contribution in [0.3, 0.4) is 0 Å². The quantitative estimate of drug-likeness (QED) is 0.627. The predicted molar refractivity (Wildman–Crippen MR) is 54.1 cm³/mol. The van der Waals surface area contributed by atoms with Crippen molar-refractivity contribution in [3.8, 4) is 0 Å². The van der Waals surface area contributed by atoms with Gasteiger partial charge < -0.3 is 10.2 Å². The van der Waals surface area contributed by atoms with Gasteiger partial charge in [-0.25, -0.2) is 0 Å². The van der Waals surface area contributed by atoms with Crippen molar-refractivity contribution in [2.75, 3.05) is 32.7 Å². The average molecular weight is 278 g/mol. The fraction of sp³-hybridized carbons (Fsp3) is 1.00. The summed E-state index contributed by atoms with van der Waals surface area (Å²) in [5, 5.41) is 2.23. The van der Waals surface area contributed by atoms with Crippen molar-refractivity contribution in [2.45, 2.75) is 25.2 Å². The molecule has 0 spiro atoms. The van der Waals surface area contributed by atoms with Crippen LogP contribution in [0.15, 0.2) is 0 Å². The highest BCUT2D eigenvalue weighted by Gasteiger charge is 2.40. The molecule has 1 fully saturated rings. The zero-order chi connectivity index (χ0) is 13.8. The SMILES string of the molecule is FC(F)(F)CNCCN1CCC(C(F)(F)F)CC1. The second-order valence-corrected chi connectivity index (χ2v) is 4.45. The van der Waals surface area contributed by atoms with Crippen LogP contribution in [0.5, 0.6) is 0 Å². The summed E-state index contributed by atoms with van der Waals surface area (Å²) in [7, 11) is 0. The van der Waals surface area contributed by atoms with Crippen LogP contribution >= 0.6 is 0 Å². The Kier molecular flexibility index (Phi) is 5.27. The van der Waals surface area contributed by atoms with E-state index >= 15 is 0 Å². The summed E-state index contributed by atoms with van der Waals surface area (Å²) in [6.07, 6.45) is -8.34. The molecule has 0 saturated carbocycles. The van der Waals surface area contributed by atoms with Crippen LogP contribution in [0, 0.1) is 5.92 Å². The van der Waals surface area contributed by atoms with E-state index in [-0.39, 0.29) is 32.5 Å². The van der Waals surface area contributed by atoms with Gasteiger partial charge >= 0.3 is 12.4 Å². The first-order valence-electron chi connectivity index (χ1n) is 5.75. The van der Waals surface area contributed by atoms with Crippen LogP contribution in [-0.2, 0) is 0 Å². The number of halogens is 6. The van der Waals surface area contributed by atoms with Gasteiger partial charge in [0.05, 0.1) is 12.5 Å². The molecule has 1 rings (SSSR count). The molecule has 1 N–H and O–H groups in total. The van der Waals surface area contributed by atoms with Crippen LogP contribution in [0.25, 0.3) is 0 Å². The van der Waals surface area contributed by atoms with Crippen molar-refractivity contribution >= 4 is 0 Å². The van der Waals surface area contributed by atoms with Crippen molar-refractivity contribution < 1.29 is 26.3 Å². The first kappa shape index (κ1) is 15.6. The number of piperidine rings is 1. The van der Waals surface area contributed by atoms with Gasteiger partial charge in [-0.1, -0.05) is 0 Å². The number of alkyl halides is 6.